The monoisotopic (exact) mass is 249 g/mol. The van der Waals surface area contributed by atoms with Gasteiger partial charge in [0.2, 0.25) is 0 Å². The highest BCUT2D eigenvalue weighted by atomic mass is 32.2. The zero-order chi connectivity index (χ0) is 12.0. The van der Waals surface area contributed by atoms with Crippen LogP contribution in [0.15, 0.2) is 0 Å². The summed E-state index contributed by atoms with van der Waals surface area (Å²) in [5, 5.41) is 5.22. The van der Waals surface area contributed by atoms with E-state index in [0.29, 0.717) is 26.1 Å². The molecule has 2 amide bonds. The van der Waals surface area contributed by atoms with E-state index in [4.69, 9.17) is 5.73 Å². The summed E-state index contributed by atoms with van der Waals surface area (Å²) in [6, 6.07) is -0.284. The zero-order valence-corrected chi connectivity index (χ0v) is 10.1. The van der Waals surface area contributed by atoms with Gasteiger partial charge >= 0.3 is 6.03 Å². The molecule has 7 heteroatoms. The molecule has 1 unspecified atom stereocenters. The van der Waals surface area contributed by atoms with E-state index in [1.807, 2.05) is 0 Å². The lowest BCUT2D eigenvalue weighted by Gasteiger charge is -2.22. The molecule has 0 aliphatic carbocycles. The highest BCUT2D eigenvalue weighted by Crippen LogP contribution is 2.17. The van der Waals surface area contributed by atoms with Crippen LogP contribution in [-0.2, 0) is 9.84 Å². The van der Waals surface area contributed by atoms with Gasteiger partial charge in [-0.2, -0.15) is 0 Å². The summed E-state index contributed by atoms with van der Waals surface area (Å²) in [4.78, 5) is 11.2. The SMILES string of the molecule is NCCNC(=O)NCC1CCCS(=O)(=O)C1. The van der Waals surface area contributed by atoms with E-state index in [-0.39, 0.29) is 23.5 Å². The molecular weight excluding hydrogens is 230 g/mol. The van der Waals surface area contributed by atoms with Crippen molar-refractivity contribution in [2.24, 2.45) is 11.7 Å². The van der Waals surface area contributed by atoms with Crippen LogP contribution in [0.4, 0.5) is 4.79 Å². The molecule has 0 aromatic rings. The quantitative estimate of drug-likeness (QED) is 0.599. The zero-order valence-electron chi connectivity index (χ0n) is 9.24. The predicted molar refractivity (Wildman–Crippen MR) is 61.8 cm³/mol. The van der Waals surface area contributed by atoms with Crippen molar-refractivity contribution >= 4 is 15.9 Å². The van der Waals surface area contributed by atoms with Gasteiger partial charge in [0.1, 0.15) is 0 Å². The smallest absolute Gasteiger partial charge is 0.314 e. The van der Waals surface area contributed by atoms with Crippen molar-refractivity contribution in [2.45, 2.75) is 12.8 Å². The number of hydrogen-bond donors (Lipinski definition) is 3. The summed E-state index contributed by atoms with van der Waals surface area (Å²) < 4.78 is 22.7. The van der Waals surface area contributed by atoms with Gasteiger partial charge in [-0.25, -0.2) is 13.2 Å². The van der Waals surface area contributed by atoms with Crippen LogP contribution in [0.5, 0.6) is 0 Å². The number of carbonyl (C=O) groups is 1. The van der Waals surface area contributed by atoms with Crippen molar-refractivity contribution in [3.8, 4) is 0 Å². The number of amides is 2. The molecule has 4 N–H and O–H groups in total. The Kier molecular flexibility index (Phi) is 5.01. The molecule has 1 atom stereocenters. The predicted octanol–water partition coefficient (Wildman–Crippen LogP) is -0.931. The van der Waals surface area contributed by atoms with Gasteiger partial charge in [0, 0.05) is 19.6 Å². The molecule has 0 aromatic carbocycles. The van der Waals surface area contributed by atoms with Crippen LogP contribution in [0.25, 0.3) is 0 Å². The lowest BCUT2D eigenvalue weighted by atomic mass is 10.1. The molecule has 1 aliphatic rings. The number of nitrogens with two attached hydrogens (primary N) is 1. The number of carbonyl (C=O) groups excluding carboxylic acids is 1. The number of nitrogens with one attached hydrogen (secondary N) is 2. The molecule has 1 aliphatic heterocycles. The van der Waals surface area contributed by atoms with Crippen LogP contribution >= 0.6 is 0 Å². The van der Waals surface area contributed by atoms with Crippen molar-refractivity contribution in [1.82, 2.24) is 10.6 Å². The van der Waals surface area contributed by atoms with Crippen LogP contribution in [0.3, 0.4) is 0 Å². The van der Waals surface area contributed by atoms with Crippen LogP contribution in [0, 0.1) is 5.92 Å². The first-order valence-electron chi connectivity index (χ1n) is 5.45. The van der Waals surface area contributed by atoms with Gasteiger partial charge in [-0.3, -0.25) is 0 Å². The first-order chi connectivity index (χ1) is 7.53. The maximum Gasteiger partial charge on any atom is 0.314 e. The Bertz CT molecular complexity index is 329. The number of sulfone groups is 1. The van der Waals surface area contributed by atoms with E-state index in [0.717, 1.165) is 6.42 Å². The largest absolute Gasteiger partial charge is 0.338 e. The number of hydrogen-bond acceptors (Lipinski definition) is 4. The van der Waals surface area contributed by atoms with E-state index in [2.05, 4.69) is 10.6 Å². The first kappa shape index (κ1) is 13.2. The molecule has 6 nitrogen and oxygen atoms in total. The second-order valence-corrected chi connectivity index (χ2v) is 6.28. The summed E-state index contributed by atoms with van der Waals surface area (Å²) in [6.07, 6.45) is 1.55. The van der Waals surface area contributed by atoms with Crippen molar-refractivity contribution < 1.29 is 13.2 Å². The average molecular weight is 249 g/mol. The minimum Gasteiger partial charge on any atom is -0.338 e. The molecule has 0 saturated carbocycles. The maximum absolute atomic E-state index is 11.3. The fourth-order valence-electron chi connectivity index (χ4n) is 1.76. The van der Waals surface area contributed by atoms with E-state index >= 15 is 0 Å². The Balaban J connectivity index is 2.25. The van der Waals surface area contributed by atoms with Gasteiger partial charge in [0.25, 0.3) is 0 Å². The molecule has 1 fully saturated rings. The van der Waals surface area contributed by atoms with Crippen molar-refractivity contribution in [1.29, 1.82) is 0 Å². The summed E-state index contributed by atoms with van der Waals surface area (Å²) in [5.41, 5.74) is 5.23. The molecule has 0 radical (unpaired) electrons. The Hall–Kier alpha value is -0.820. The van der Waals surface area contributed by atoms with E-state index in [9.17, 15) is 13.2 Å². The van der Waals surface area contributed by atoms with Gasteiger partial charge in [-0.05, 0) is 18.8 Å². The maximum atomic E-state index is 11.3. The minimum absolute atomic E-state index is 0.0439. The van der Waals surface area contributed by atoms with Crippen LogP contribution in [0.2, 0.25) is 0 Å². The Morgan fingerprint density at radius 3 is 2.75 bits per heavy atom. The molecule has 94 valence electrons. The second kappa shape index (κ2) is 6.05. The van der Waals surface area contributed by atoms with Crippen LogP contribution < -0.4 is 16.4 Å². The molecule has 0 bridgehead atoms. The van der Waals surface area contributed by atoms with Gasteiger partial charge in [0.15, 0.2) is 9.84 Å². The molecule has 1 rings (SSSR count). The Labute approximate surface area is 95.9 Å². The van der Waals surface area contributed by atoms with Crippen molar-refractivity contribution in [3.63, 3.8) is 0 Å². The second-order valence-electron chi connectivity index (χ2n) is 4.05. The first-order valence-corrected chi connectivity index (χ1v) is 7.28. The standard InChI is InChI=1S/C9H19N3O3S/c10-3-4-11-9(13)12-6-8-2-1-5-16(14,15)7-8/h8H,1-7,10H2,(H2,11,12,13). The lowest BCUT2D eigenvalue weighted by Crippen LogP contribution is -2.42. The highest BCUT2D eigenvalue weighted by Gasteiger charge is 2.24. The van der Waals surface area contributed by atoms with Crippen molar-refractivity contribution in [2.75, 3.05) is 31.1 Å². The van der Waals surface area contributed by atoms with E-state index in [1.54, 1.807) is 0 Å². The third-order valence-corrected chi connectivity index (χ3v) is 4.43. The van der Waals surface area contributed by atoms with Gasteiger partial charge in [0.05, 0.1) is 11.5 Å². The van der Waals surface area contributed by atoms with Gasteiger partial charge < -0.3 is 16.4 Å². The van der Waals surface area contributed by atoms with E-state index in [1.165, 1.54) is 0 Å². The summed E-state index contributed by atoms with van der Waals surface area (Å²) in [7, 11) is -2.89. The summed E-state index contributed by atoms with van der Waals surface area (Å²) in [6.45, 7) is 1.23. The molecule has 0 aromatic heterocycles. The van der Waals surface area contributed by atoms with E-state index < -0.39 is 9.84 Å². The molecule has 1 saturated heterocycles. The summed E-state index contributed by atoms with van der Waals surface area (Å²) in [5.74, 6) is 0.509. The fourth-order valence-corrected chi connectivity index (χ4v) is 3.54. The third kappa shape index (κ3) is 4.80. The molecule has 16 heavy (non-hydrogen) atoms. The molecule has 1 heterocycles. The molecular formula is C9H19N3O3S. The minimum atomic E-state index is -2.89. The summed E-state index contributed by atoms with van der Waals surface area (Å²) >= 11 is 0. The highest BCUT2D eigenvalue weighted by molar-refractivity contribution is 7.91. The number of rotatable bonds is 4. The number of urea groups is 1. The topological polar surface area (TPSA) is 101 Å². The normalized spacial score (nSPS) is 23.7. The molecule has 0 spiro atoms. The van der Waals surface area contributed by atoms with Crippen LogP contribution in [-0.4, -0.2) is 45.6 Å². The third-order valence-electron chi connectivity index (χ3n) is 2.54. The van der Waals surface area contributed by atoms with Gasteiger partial charge in [-0.1, -0.05) is 0 Å². The Morgan fingerprint density at radius 2 is 2.12 bits per heavy atom. The van der Waals surface area contributed by atoms with Crippen LogP contribution in [0.1, 0.15) is 12.8 Å². The lowest BCUT2D eigenvalue weighted by molar-refractivity contribution is 0.239. The Morgan fingerprint density at radius 1 is 1.38 bits per heavy atom. The van der Waals surface area contributed by atoms with Gasteiger partial charge in [-0.15, -0.1) is 0 Å². The average Bonchev–Trinajstić information content (AvgIpc) is 2.22. The van der Waals surface area contributed by atoms with Crippen molar-refractivity contribution in [3.05, 3.63) is 0 Å². The fraction of sp³-hybridized carbons (Fsp3) is 0.889.